The molecule has 108 valence electrons. The molecule has 0 fully saturated rings. The molecule has 1 N–H and O–H groups in total. The van der Waals surface area contributed by atoms with Crippen molar-refractivity contribution in [3.63, 3.8) is 0 Å². The molecule has 0 aliphatic carbocycles. The van der Waals surface area contributed by atoms with Crippen molar-refractivity contribution in [2.75, 3.05) is 5.32 Å². The summed E-state index contributed by atoms with van der Waals surface area (Å²) in [5.74, 6) is 0. The van der Waals surface area contributed by atoms with Crippen LogP contribution in [0.1, 0.15) is 17.6 Å². The second kappa shape index (κ2) is 6.10. The zero-order chi connectivity index (χ0) is 14.7. The SMILES string of the molecule is CCc1nn(C)cc1NCc1nc(-c2ccccc2)cs1. The Bertz CT molecular complexity index is 715. The molecule has 5 heteroatoms. The Hall–Kier alpha value is -2.14. The van der Waals surface area contributed by atoms with Crippen LogP contribution in [0.5, 0.6) is 0 Å². The van der Waals surface area contributed by atoms with E-state index in [9.17, 15) is 0 Å². The third kappa shape index (κ3) is 3.13. The summed E-state index contributed by atoms with van der Waals surface area (Å²) in [7, 11) is 1.95. The van der Waals surface area contributed by atoms with E-state index in [4.69, 9.17) is 0 Å². The van der Waals surface area contributed by atoms with Crippen LogP contribution in [0.3, 0.4) is 0 Å². The van der Waals surface area contributed by atoms with E-state index in [0.29, 0.717) is 0 Å². The average molecular weight is 298 g/mol. The highest BCUT2D eigenvalue weighted by Crippen LogP contribution is 2.22. The molecule has 0 amide bonds. The summed E-state index contributed by atoms with van der Waals surface area (Å²) in [6.45, 7) is 2.85. The number of aromatic nitrogens is 3. The molecule has 0 unspecified atom stereocenters. The fraction of sp³-hybridized carbons (Fsp3) is 0.250. The first-order valence-corrected chi connectivity index (χ1v) is 7.90. The number of nitrogens with one attached hydrogen (secondary N) is 1. The van der Waals surface area contributed by atoms with E-state index >= 15 is 0 Å². The van der Waals surface area contributed by atoms with E-state index in [1.807, 2.05) is 36.1 Å². The molecule has 3 aromatic rings. The van der Waals surface area contributed by atoms with E-state index in [1.54, 1.807) is 11.3 Å². The Morgan fingerprint density at radius 3 is 2.81 bits per heavy atom. The molecular weight excluding hydrogens is 280 g/mol. The van der Waals surface area contributed by atoms with Gasteiger partial charge in [0.05, 0.1) is 23.6 Å². The van der Waals surface area contributed by atoms with Gasteiger partial charge in [-0.1, -0.05) is 37.3 Å². The second-order valence-electron chi connectivity index (χ2n) is 4.86. The number of aryl methyl sites for hydroxylation is 2. The first kappa shape index (κ1) is 13.8. The predicted molar refractivity (Wildman–Crippen MR) is 87.5 cm³/mol. The topological polar surface area (TPSA) is 42.7 Å². The van der Waals surface area contributed by atoms with Crippen LogP contribution in [0.4, 0.5) is 5.69 Å². The number of hydrogen-bond acceptors (Lipinski definition) is 4. The van der Waals surface area contributed by atoms with Crippen molar-refractivity contribution < 1.29 is 0 Å². The lowest BCUT2D eigenvalue weighted by molar-refractivity contribution is 0.746. The van der Waals surface area contributed by atoms with Crippen molar-refractivity contribution in [3.05, 3.63) is 52.6 Å². The Labute approximate surface area is 128 Å². The molecule has 0 aliphatic heterocycles. The van der Waals surface area contributed by atoms with Crippen LogP contribution < -0.4 is 5.32 Å². The molecule has 0 aliphatic rings. The second-order valence-corrected chi connectivity index (χ2v) is 5.81. The van der Waals surface area contributed by atoms with Gasteiger partial charge in [0.25, 0.3) is 0 Å². The van der Waals surface area contributed by atoms with Gasteiger partial charge in [-0.05, 0) is 6.42 Å². The van der Waals surface area contributed by atoms with Gasteiger partial charge in [0.15, 0.2) is 0 Å². The maximum absolute atomic E-state index is 4.69. The maximum Gasteiger partial charge on any atom is 0.112 e. The molecule has 1 aromatic carbocycles. The minimum Gasteiger partial charge on any atom is -0.376 e. The fourth-order valence-electron chi connectivity index (χ4n) is 2.25. The predicted octanol–water partition coefficient (Wildman–Crippen LogP) is 3.72. The molecule has 2 aromatic heterocycles. The molecule has 21 heavy (non-hydrogen) atoms. The van der Waals surface area contributed by atoms with E-state index in [0.717, 1.165) is 40.6 Å². The Kier molecular flexibility index (Phi) is 4.01. The van der Waals surface area contributed by atoms with Gasteiger partial charge in [0.1, 0.15) is 5.01 Å². The number of thiazole rings is 1. The van der Waals surface area contributed by atoms with Crippen LogP contribution in [0.15, 0.2) is 41.9 Å². The number of hydrogen-bond donors (Lipinski definition) is 1. The normalized spacial score (nSPS) is 10.8. The fourth-order valence-corrected chi connectivity index (χ4v) is 2.99. The number of benzene rings is 1. The summed E-state index contributed by atoms with van der Waals surface area (Å²) in [6.07, 6.45) is 2.95. The third-order valence-corrected chi connectivity index (χ3v) is 4.14. The van der Waals surface area contributed by atoms with Crippen LogP contribution in [-0.2, 0) is 20.0 Å². The highest BCUT2D eigenvalue weighted by Gasteiger charge is 2.07. The van der Waals surface area contributed by atoms with Gasteiger partial charge in [-0.3, -0.25) is 4.68 Å². The number of anilines is 1. The zero-order valence-corrected chi connectivity index (χ0v) is 13.0. The summed E-state index contributed by atoms with van der Waals surface area (Å²) in [5, 5.41) is 11.1. The summed E-state index contributed by atoms with van der Waals surface area (Å²) < 4.78 is 1.85. The van der Waals surface area contributed by atoms with Crippen molar-refractivity contribution in [1.29, 1.82) is 0 Å². The monoisotopic (exact) mass is 298 g/mol. The van der Waals surface area contributed by atoms with Crippen molar-refractivity contribution in [1.82, 2.24) is 14.8 Å². The van der Waals surface area contributed by atoms with Crippen LogP contribution >= 0.6 is 11.3 Å². The Morgan fingerprint density at radius 1 is 1.24 bits per heavy atom. The van der Waals surface area contributed by atoms with Gasteiger partial charge in [-0.2, -0.15) is 5.10 Å². The quantitative estimate of drug-likeness (QED) is 0.780. The van der Waals surface area contributed by atoms with Gasteiger partial charge in [-0.25, -0.2) is 4.98 Å². The van der Waals surface area contributed by atoms with E-state index in [2.05, 4.69) is 39.8 Å². The molecular formula is C16H18N4S. The molecule has 2 heterocycles. The average Bonchev–Trinajstić information content (AvgIpc) is 3.12. The summed E-state index contributed by atoms with van der Waals surface area (Å²) in [4.78, 5) is 4.69. The first-order valence-electron chi connectivity index (χ1n) is 7.02. The standard InChI is InChI=1S/C16H18N4S/c1-3-13-14(10-20(2)19-13)17-9-16-18-15(11-21-16)12-7-5-4-6-8-12/h4-8,10-11,17H,3,9H2,1-2H3. The summed E-state index contributed by atoms with van der Waals surface area (Å²) in [6, 6.07) is 10.3. The van der Waals surface area contributed by atoms with Gasteiger partial charge in [-0.15, -0.1) is 11.3 Å². The zero-order valence-electron chi connectivity index (χ0n) is 12.2. The van der Waals surface area contributed by atoms with Crippen LogP contribution in [-0.4, -0.2) is 14.8 Å². The third-order valence-electron chi connectivity index (χ3n) is 3.29. The summed E-state index contributed by atoms with van der Waals surface area (Å²) in [5.41, 5.74) is 4.39. The van der Waals surface area contributed by atoms with Gasteiger partial charge >= 0.3 is 0 Å². The van der Waals surface area contributed by atoms with Crippen LogP contribution in [0, 0.1) is 0 Å². The lowest BCUT2D eigenvalue weighted by atomic mass is 10.2. The van der Waals surface area contributed by atoms with E-state index < -0.39 is 0 Å². The molecule has 0 saturated heterocycles. The Morgan fingerprint density at radius 2 is 2.05 bits per heavy atom. The number of rotatable bonds is 5. The molecule has 3 rings (SSSR count). The molecule has 0 bridgehead atoms. The largest absolute Gasteiger partial charge is 0.376 e. The van der Waals surface area contributed by atoms with Crippen molar-refractivity contribution in [2.24, 2.45) is 7.05 Å². The number of nitrogens with zero attached hydrogens (tertiary/aromatic N) is 3. The minimum absolute atomic E-state index is 0.732. The highest BCUT2D eigenvalue weighted by atomic mass is 32.1. The van der Waals surface area contributed by atoms with Crippen molar-refractivity contribution in [3.8, 4) is 11.3 Å². The van der Waals surface area contributed by atoms with Crippen LogP contribution in [0.2, 0.25) is 0 Å². The molecule has 0 radical (unpaired) electrons. The molecule has 4 nitrogen and oxygen atoms in total. The molecule has 0 saturated carbocycles. The highest BCUT2D eigenvalue weighted by molar-refractivity contribution is 7.09. The minimum atomic E-state index is 0.732. The van der Waals surface area contributed by atoms with E-state index in [1.165, 1.54) is 0 Å². The van der Waals surface area contributed by atoms with Crippen molar-refractivity contribution >= 4 is 17.0 Å². The molecule has 0 atom stereocenters. The van der Waals surface area contributed by atoms with E-state index in [-0.39, 0.29) is 0 Å². The van der Waals surface area contributed by atoms with Gasteiger partial charge in [0.2, 0.25) is 0 Å². The van der Waals surface area contributed by atoms with Gasteiger partial charge < -0.3 is 5.32 Å². The lowest BCUT2D eigenvalue weighted by Gasteiger charge is -2.02. The lowest BCUT2D eigenvalue weighted by Crippen LogP contribution is -2.00. The summed E-state index contributed by atoms with van der Waals surface area (Å²) >= 11 is 1.68. The smallest absolute Gasteiger partial charge is 0.112 e. The van der Waals surface area contributed by atoms with Gasteiger partial charge in [0, 0.05) is 24.2 Å². The molecule has 0 spiro atoms. The van der Waals surface area contributed by atoms with Crippen LogP contribution in [0.25, 0.3) is 11.3 Å². The first-order chi connectivity index (χ1) is 10.3. The van der Waals surface area contributed by atoms with Crippen molar-refractivity contribution in [2.45, 2.75) is 19.9 Å². The Balaban J connectivity index is 1.70. The maximum atomic E-state index is 4.69.